The van der Waals surface area contributed by atoms with E-state index in [1.807, 2.05) is 12.1 Å². The fourth-order valence-corrected chi connectivity index (χ4v) is 1.17. The Labute approximate surface area is 95.4 Å². The summed E-state index contributed by atoms with van der Waals surface area (Å²) in [5.74, 6) is 0.691. The number of hydrogen-bond acceptors (Lipinski definition) is 1. The predicted molar refractivity (Wildman–Crippen MR) is 54.2 cm³/mol. The molecule has 0 spiro atoms. The molecule has 0 aliphatic rings. The second-order valence-electron chi connectivity index (χ2n) is 1.78. The Bertz CT molecular complexity index is 242. The van der Waals surface area contributed by atoms with Crippen LogP contribution in [-0.4, -0.2) is 30.2 Å². The van der Waals surface area contributed by atoms with E-state index in [9.17, 15) is 0 Å². The minimum Gasteiger partial charge on any atom is -0.495 e. The minimum atomic E-state index is 0. The second-order valence-corrected chi connectivity index (χ2v) is 3.10. The van der Waals surface area contributed by atoms with Crippen LogP contribution in [0.15, 0.2) is 22.7 Å². The third kappa shape index (κ3) is 3.19. The van der Waals surface area contributed by atoms with E-state index in [4.69, 9.17) is 16.3 Å². The van der Waals surface area contributed by atoms with Gasteiger partial charge < -0.3 is 4.74 Å². The normalized spacial score (nSPS) is 8.64. The van der Waals surface area contributed by atoms with Crippen molar-refractivity contribution < 1.29 is 4.74 Å². The number of halogens is 2. The first-order chi connectivity index (χ1) is 4.74. The monoisotopic (exact) mass is 246 g/mol. The average molecular weight is 248 g/mol. The number of hydrogen-bond donors (Lipinski definition) is 0. The zero-order chi connectivity index (χ0) is 7.56. The van der Waals surface area contributed by atoms with E-state index in [1.54, 1.807) is 13.2 Å². The highest BCUT2D eigenvalue weighted by Crippen LogP contribution is 2.27. The molecule has 0 saturated heterocycles. The van der Waals surface area contributed by atoms with Gasteiger partial charge in [-0.15, -0.1) is 0 Å². The van der Waals surface area contributed by atoms with Gasteiger partial charge in [0.25, 0.3) is 0 Å². The molecule has 0 fully saturated rings. The average Bonchev–Trinajstić information content (AvgIpc) is 1.94. The molecule has 4 heteroatoms. The van der Waals surface area contributed by atoms with Crippen molar-refractivity contribution in [3.05, 3.63) is 27.7 Å². The lowest BCUT2D eigenvalue weighted by molar-refractivity contribution is 0.415. The molecule has 1 aromatic rings. The molecule has 1 nitrogen and oxygen atoms in total. The largest absolute Gasteiger partial charge is 0.495 e. The molecule has 58 valence electrons. The summed E-state index contributed by atoms with van der Waals surface area (Å²) in [6, 6.07) is 5.47. The molecule has 0 aliphatic heterocycles. The van der Waals surface area contributed by atoms with Crippen molar-refractivity contribution in [3.8, 4) is 5.75 Å². The molecule has 0 bridgehead atoms. The summed E-state index contributed by atoms with van der Waals surface area (Å²) < 4.78 is 5.93. The lowest BCUT2D eigenvalue weighted by Crippen LogP contribution is -1.82. The van der Waals surface area contributed by atoms with Gasteiger partial charge in [-0.3, -0.25) is 0 Å². The topological polar surface area (TPSA) is 9.23 Å². The fourth-order valence-electron chi connectivity index (χ4n) is 0.634. The molecular formula is C7H8BrClMgO. The number of benzene rings is 1. The third-order valence-corrected chi connectivity index (χ3v) is 1.92. The van der Waals surface area contributed by atoms with Gasteiger partial charge in [-0.2, -0.15) is 0 Å². The zero-order valence-corrected chi connectivity index (χ0v) is 7.74. The van der Waals surface area contributed by atoms with Gasteiger partial charge in [0.2, 0.25) is 0 Å². The van der Waals surface area contributed by atoms with Crippen LogP contribution >= 0.6 is 27.5 Å². The summed E-state index contributed by atoms with van der Waals surface area (Å²) in [4.78, 5) is 0. The molecule has 0 aromatic heterocycles. The molecule has 0 radical (unpaired) electrons. The number of methoxy groups -OCH3 is 1. The SMILES string of the molecule is COc1cc(Br)ccc1Cl.[MgH2]. The molecule has 1 aromatic carbocycles. The fraction of sp³-hybridized carbons (Fsp3) is 0.143. The summed E-state index contributed by atoms with van der Waals surface area (Å²) in [5.41, 5.74) is 0. The van der Waals surface area contributed by atoms with Crippen molar-refractivity contribution in [2.75, 3.05) is 7.11 Å². The summed E-state index contributed by atoms with van der Waals surface area (Å²) >= 11 is 9.05. The maximum absolute atomic E-state index is 5.75. The maximum Gasteiger partial charge on any atom is 0.316 e. The van der Waals surface area contributed by atoms with Crippen LogP contribution in [0.3, 0.4) is 0 Å². The lowest BCUT2D eigenvalue weighted by atomic mass is 10.3. The van der Waals surface area contributed by atoms with E-state index < -0.39 is 0 Å². The molecule has 0 aliphatic carbocycles. The zero-order valence-electron chi connectivity index (χ0n) is 5.40. The minimum absolute atomic E-state index is 0. The van der Waals surface area contributed by atoms with Crippen LogP contribution in [0, 0.1) is 0 Å². The van der Waals surface area contributed by atoms with Gasteiger partial charge in [0, 0.05) is 4.47 Å². The van der Waals surface area contributed by atoms with E-state index in [1.165, 1.54) is 0 Å². The van der Waals surface area contributed by atoms with Crippen molar-refractivity contribution >= 4 is 50.6 Å². The van der Waals surface area contributed by atoms with Crippen LogP contribution in [0.4, 0.5) is 0 Å². The van der Waals surface area contributed by atoms with Crippen LogP contribution in [-0.2, 0) is 0 Å². The Kier molecular flexibility index (Phi) is 5.51. The van der Waals surface area contributed by atoms with Crippen LogP contribution in [0.5, 0.6) is 5.75 Å². The number of rotatable bonds is 1. The molecule has 1 rings (SSSR count). The van der Waals surface area contributed by atoms with Crippen molar-refractivity contribution in [1.82, 2.24) is 0 Å². The summed E-state index contributed by atoms with van der Waals surface area (Å²) in [5, 5.41) is 0.630. The maximum atomic E-state index is 5.75. The number of ether oxygens (including phenoxy) is 1. The summed E-state index contributed by atoms with van der Waals surface area (Å²) in [6.07, 6.45) is 0. The molecule has 11 heavy (non-hydrogen) atoms. The van der Waals surface area contributed by atoms with Crippen LogP contribution in [0.2, 0.25) is 5.02 Å². The van der Waals surface area contributed by atoms with Gasteiger partial charge in [-0.25, -0.2) is 0 Å². The first kappa shape index (κ1) is 11.6. The van der Waals surface area contributed by atoms with Crippen molar-refractivity contribution in [2.24, 2.45) is 0 Å². The van der Waals surface area contributed by atoms with Gasteiger partial charge in [0.15, 0.2) is 0 Å². The quantitative estimate of drug-likeness (QED) is 0.692. The Hall–Kier alpha value is 0.556. The molecule has 0 heterocycles. The first-order valence-electron chi connectivity index (χ1n) is 2.73. The lowest BCUT2D eigenvalue weighted by Gasteiger charge is -2.01. The van der Waals surface area contributed by atoms with E-state index >= 15 is 0 Å². The Morgan fingerprint density at radius 3 is 2.55 bits per heavy atom. The molecule has 0 unspecified atom stereocenters. The first-order valence-corrected chi connectivity index (χ1v) is 3.90. The van der Waals surface area contributed by atoms with Crippen LogP contribution < -0.4 is 4.74 Å². The highest BCUT2D eigenvalue weighted by molar-refractivity contribution is 9.10. The third-order valence-electron chi connectivity index (χ3n) is 1.11. The summed E-state index contributed by atoms with van der Waals surface area (Å²) in [7, 11) is 1.59. The Morgan fingerprint density at radius 1 is 1.45 bits per heavy atom. The van der Waals surface area contributed by atoms with Gasteiger partial charge >= 0.3 is 23.1 Å². The molecule has 0 saturated carbocycles. The van der Waals surface area contributed by atoms with Gasteiger partial charge in [-0.1, -0.05) is 27.5 Å². The highest BCUT2D eigenvalue weighted by Gasteiger charge is 1.98. The molecule has 0 N–H and O–H groups in total. The molecule has 0 atom stereocenters. The predicted octanol–water partition coefficient (Wildman–Crippen LogP) is 2.19. The van der Waals surface area contributed by atoms with E-state index in [2.05, 4.69) is 15.9 Å². The van der Waals surface area contributed by atoms with Gasteiger partial charge in [0.05, 0.1) is 12.1 Å². The summed E-state index contributed by atoms with van der Waals surface area (Å²) in [6.45, 7) is 0. The second kappa shape index (κ2) is 5.25. The Balaban J connectivity index is 0.000001000. The molecule has 0 amide bonds. The highest BCUT2D eigenvalue weighted by atomic mass is 79.9. The van der Waals surface area contributed by atoms with Crippen LogP contribution in [0.1, 0.15) is 0 Å². The van der Waals surface area contributed by atoms with E-state index in [0.29, 0.717) is 10.8 Å². The van der Waals surface area contributed by atoms with Crippen molar-refractivity contribution in [2.45, 2.75) is 0 Å². The smallest absolute Gasteiger partial charge is 0.316 e. The van der Waals surface area contributed by atoms with Crippen molar-refractivity contribution in [1.29, 1.82) is 0 Å². The standard InChI is InChI=1S/C7H6BrClO.Mg.2H/c1-10-7-4-5(8)2-3-6(7)9;;;/h2-4H,1H3;;;. The van der Waals surface area contributed by atoms with E-state index in [-0.39, 0.29) is 23.1 Å². The van der Waals surface area contributed by atoms with Crippen LogP contribution in [0.25, 0.3) is 0 Å². The Morgan fingerprint density at radius 2 is 2.09 bits per heavy atom. The molecular weight excluding hydrogens is 240 g/mol. The van der Waals surface area contributed by atoms with Gasteiger partial charge in [-0.05, 0) is 18.2 Å². The van der Waals surface area contributed by atoms with Crippen molar-refractivity contribution in [3.63, 3.8) is 0 Å². The van der Waals surface area contributed by atoms with Gasteiger partial charge in [0.1, 0.15) is 5.75 Å². The van der Waals surface area contributed by atoms with E-state index in [0.717, 1.165) is 4.47 Å².